The Morgan fingerprint density at radius 1 is 1.67 bits per heavy atom. The van der Waals surface area contributed by atoms with Crippen LogP contribution in [0.1, 0.15) is 6.92 Å². The van der Waals surface area contributed by atoms with Gasteiger partial charge in [-0.25, -0.2) is 0 Å². The fourth-order valence-corrected chi connectivity index (χ4v) is 0.239. The molecule has 2 radical (unpaired) electrons. The van der Waals surface area contributed by atoms with Crippen LogP contribution in [0, 0.1) is 0 Å². The molecule has 0 aliphatic rings. The van der Waals surface area contributed by atoms with Crippen molar-refractivity contribution in [3.8, 4) is 0 Å². The van der Waals surface area contributed by atoms with E-state index in [9.17, 15) is 9.59 Å². The first-order valence-corrected chi connectivity index (χ1v) is 2.26. The van der Waals surface area contributed by atoms with Gasteiger partial charge in [-0.15, -0.1) is 0 Å². The molecule has 9 heavy (non-hydrogen) atoms. The Labute approximate surface area is 53.7 Å². The average Bonchev–Trinajstić information content (AvgIpc) is 1.84. The number of Topliss-reactive ketones (excluding diaryl/α,β-unsaturated/α-hetero) is 1. The number of hydrogen-bond acceptors (Lipinski definition) is 4. The maximum absolute atomic E-state index is 10.3. The summed E-state index contributed by atoms with van der Waals surface area (Å²) in [5.41, 5.74) is 0. The fraction of sp³-hybridized carbons (Fsp3) is 0.500. The molecule has 5 heteroatoms. The molecule has 1 unspecified atom stereocenters. The van der Waals surface area contributed by atoms with Crippen LogP contribution in [0.3, 0.4) is 0 Å². The van der Waals surface area contributed by atoms with E-state index in [0.717, 1.165) is 0 Å². The van der Waals surface area contributed by atoms with Crippen LogP contribution in [0.25, 0.3) is 0 Å². The predicted molar refractivity (Wildman–Crippen MR) is 30.5 cm³/mol. The Morgan fingerprint density at radius 2 is 2.11 bits per heavy atom. The lowest BCUT2D eigenvalue weighted by Crippen LogP contribution is -2.21. The Morgan fingerprint density at radius 3 is 2.22 bits per heavy atom. The highest BCUT2D eigenvalue weighted by atomic mass is 16.7. The Balaban J connectivity index is 3.88. The number of carbonyl (C=O) groups is 2. The normalized spacial score (nSPS) is 12.2. The molecule has 0 aliphatic heterocycles. The van der Waals surface area contributed by atoms with E-state index in [2.05, 4.69) is 10.7 Å². The Kier molecular flexibility index (Phi) is 2.94. The minimum Gasteiger partial charge on any atom is -0.374 e. The van der Waals surface area contributed by atoms with Crippen LogP contribution in [-0.4, -0.2) is 19.6 Å². The van der Waals surface area contributed by atoms with Crippen LogP contribution in [0.5, 0.6) is 0 Å². The number of hydrogen-bond donors (Lipinski definition) is 1. The first kappa shape index (κ1) is 8.16. The molecule has 0 saturated carbocycles. The lowest BCUT2D eigenvalue weighted by Gasteiger charge is -2.01. The lowest BCUT2D eigenvalue weighted by molar-refractivity contribution is -0.146. The highest BCUT2D eigenvalue weighted by Crippen LogP contribution is 1.99. The monoisotopic (exact) mass is 127 g/mol. The smallest absolute Gasteiger partial charge is 0.325 e. The molecule has 1 atom stereocenters. The molecule has 2 N–H and O–H groups in total. The van der Waals surface area contributed by atoms with Gasteiger partial charge in [0.2, 0.25) is 0 Å². The molecule has 0 heterocycles. The third-order valence-corrected chi connectivity index (χ3v) is 0.808. The molecule has 0 aromatic carbocycles. The predicted octanol–water partition coefficient (Wildman–Crippen LogP) is -1.05. The van der Waals surface area contributed by atoms with Gasteiger partial charge in [0.25, 0.3) is 0 Å². The summed E-state index contributed by atoms with van der Waals surface area (Å²) in [5.74, 6) is 1.81. The first-order chi connectivity index (χ1) is 4.09. The van der Waals surface area contributed by atoms with E-state index in [4.69, 9.17) is 7.85 Å². The van der Waals surface area contributed by atoms with Crippen molar-refractivity contribution in [3.05, 3.63) is 0 Å². The zero-order valence-corrected chi connectivity index (χ0v) is 4.96. The first-order valence-electron chi connectivity index (χ1n) is 2.26. The SMILES string of the molecule is [B]C(C(C)=O)C(=O)ON. The Hall–Kier alpha value is -0.835. The van der Waals surface area contributed by atoms with Gasteiger partial charge in [-0.05, 0) is 6.92 Å². The zero-order valence-electron chi connectivity index (χ0n) is 4.96. The minimum absolute atomic E-state index is 0.467. The summed E-state index contributed by atoms with van der Waals surface area (Å²) in [6.45, 7) is 1.18. The van der Waals surface area contributed by atoms with Crippen molar-refractivity contribution in [2.24, 2.45) is 5.90 Å². The average molecular weight is 127 g/mol. The fourth-order valence-electron chi connectivity index (χ4n) is 0.239. The molecule has 0 aliphatic carbocycles. The van der Waals surface area contributed by atoms with Gasteiger partial charge in [0, 0.05) is 0 Å². The van der Waals surface area contributed by atoms with E-state index < -0.39 is 17.6 Å². The molecule has 48 valence electrons. The van der Waals surface area contributed by atoms with Crippen LogP contribution in [0.4, 0.5) is 0 Å². The molecule has 0 fully saturated rings. The second-order valence-electron chi connectivity index (χ2n) is 1.53. The van der Waals surface area contributed by atoms with E-state index in [-0.39, 0.29) is 0 Å². The standard InChI is InChI=1S/C4H6BNO3/c1-2(7)3(5)4(8)9-6/h3H,6H2,1H3. The van der Waals surface area contributed by atoms with E-state index in [1.165, 1.54) is 6.92 Å². The summed E-state index contributed by atoms with van der Waals surface area (Å²) < 4.78 is 0. The molecule has 0 amide bonds. The number of nitrogens with two attached hydrogens (primary N) is 1. The van der Waals surface area contributed by atoms with Crippen molar-refractivity contribution >= 4 is 19.6 Å². The van der Waals surface area contributed by atoms with Gasteiger partial charge in [0.15, 0.2) is 0 Å². The molecule has 0 aromatic heterocycles. The topological polar surface area (TPSA) is 69.4 Å². The van der Waals surface area contributed by atoms with Crippen LogP contribution in [-0.2, 0) is 14.4 Å². The maximum Gasteiger partial charge on any atom is 0.325 e. The van der Waals surface area contributed by atoms with Gasteiger partial charge in [-0.3, -0.25) is 9.59 Å². The van der Waals surface area contributed by atoms with Gasteiger partial charge >= 0.3 is 5.97 Å². The third-order valence-electron chi connectivity index (χ3n) is 0.808. The number of rotatable bonds is 2. The lowest BCUT2D eigenvalue weighted by atomic mass is 9.84. The van der Waals surface area contributed by atoms with E-state index in [0.29, 0.717) is 0 Å². The van der Waals surface area contributed by atoms with Crippen molar-refractivity contribution in [2.75, 3.05) is 0 Å². The highest BCUT2D eigenvalue weighted by molar-refractivity contribution is 6.34. The molecular formula is C4H6BNO3. The third kappa shape index (κ3) is 2.28. The van der Waals surface area contributed by atoms with Crippen molar-refractivity contribution in [2.45, 2.75) is 12.7 Å². The van der Waals surface area contributed by atoms with Gasteiger partial charge in [-0.1, -0.05) is 0 Å². The molecular weight excluding hydrogens is 121 g/mol. The van der Waals surface area contributed by atoms with Gasteiger partial charge in [0.05, 0.1) is 13.7 Å². The Bertz CT molecular complexity index is 136. The molecule has 0 spiro atoms. The van der Waals surface area contributed by atoms with Crippen molar-refractivity contribution in [3.63, 3.8) is 0 Å². The minimum atomic E-state index is -1.24. The second kappa shape index (κ2) is 3.24. The van der Waals surface area contributed by atoms with E-state index >= 15 is 0 Å². The second-order valence-corrected chi connectivity index (χ2v) is 1.53. The van der Waals surface area contributed by atoms with Crippen LogP contribution >= 0.6 is 0 Å². The largest absolute Gasteiger partial charge is 0.374 e. The summed E-state index contributed by atoms with van der Waals surface area (Å²) in [6.07, 6.45) is 0. The van der Waals surface area contributed by atoms with Gasteiger partial charge < -0.3 is 4.84 Å². The van der Waals surface area contributed by atoms with Crippen LogP contribution < -0.4 is 5.90 Å². The molecule has 4 nitrogen and oxygen atoms in total. The zero-order chi connectivity index (χ0) is 7.44. The molecule has 0 aromatic rings. The van der Waals surface area contributed by atoms with Crippen molar-refractivity contribution < 1.29 is 14.4 Å². The van der Waals surface area contributed by atoms with E-state index in [1.54, 1.807) is 0 Å². The summed E-state index contributed by atoms with van der Waals surface area (Å²) in [5, 5.41) is 0. The van der Waals surface area contributed by atoms with Crippen molar-refractivity contribution in [1.82, 2.24) is 0 Å². The summed E-state index contributed by atoms with van der Waals surface area (Å²) in [6, 6.07) is 0. The summed E-state index contributed by atoms with van der Waals surface area (Å²) in [4.78, 5) is 24.2. The van der Waals surface area contributed by atoms with Crippen LogP contribution in [0.15, 0.2) is 0 Å². The highest BCUT2D eigenvalue weighted by Gasteiger charge is 2.17. The molecule has 0 saturated heterocycles. The van der Waals surface area contributed by atoms with Gasteiger partial charge in [-0.2, -0.15) is 5.90 Å². The molecule has 0 rings (SSSR count). The number of ketones is 1. The summed E-state index contributed by atoms with van der Waals surface area (Å²) >= 11 is 0. The molecule has 0 bridgehead atoms. The van der Waals surface area contributed by atoms with E-state index in [1.807, 2.05) is 0 Å². The number of carbonyl (C=O) groups excluding carboxylic acids is 2. The summed E-state index contributed by atoms with van der Waals surface area (Å²) in [7, 11) is 4.97. The maximum atomic E-state index is 10.3. The van der Waals surface area contributed by atoms with Gasteiger partial charge in [0.1, 0.15) is 5.78 Å². The van der Waals surface area contributed by atoms with Crippen LogP contribution in [0.2, 0.25) is 5.82 Å². The van der Waals surface area contributed by atoms with Crippen molar-refractivity contribution in [1.29, 1.82) is 0 Å². The quantitative estimate of drug-likeness (QED) is 0.292.